The number of anilines is 1. The first-order valence-corrected chi connectivity index (χ1v) is 10.7. The monoisotopic (exact) mass is 411 g/mol. The quantitative estimate of drug-likeness (QED) is 0.602. The van der Waals surface area contributed by atoms with Crippen LogP contribution in [-0.4, -0.2) is 35.7 Å². The van der Waals surface area contributed by atoms with E-state index >= 15 is 0 Å². The molecule has 2 atom stereocenters. The van der Waals surface area contributed by atoms with Crippen molar-refractivity contribution in [3.05, 3.63) is 48.2 Å². The fourth-order valence-corrected chi connectivity index (χ4v) is 4.05. The van der Waals surface area contributed by atoms with Gasteiger partial charge in [0.25, 0.3) is 0 Å². The second-order valence-corrected chi connectivity index (χ2v) is 8.37. The number of fused-ring (bicyclic) bond motifs is 1. The molecule has 0 saturated heterocycles. The Kier molecular flexibility index (Phi) is 5.24. The van der Waals surface area contributed by atoms with E-state index in [0.29, 0.717) is 0 Å². The lowest BCUT2D eigenvalue weighted by molar-refractivity contribution is 0.256. The number of nitrogens with one attached hydrogen (secondary N) is 1. The summed E-state index contributed by atoms with van der Waals surface area (Å²) < 4.78 is 28.5. The molecule has 150 valence electrons. The molecule has 3 N–H and O–H groups in total. The van der Waals surface area contributed by atoms with Crippen molar-refractivity contribution in [1.82, 2.24) is 14.6 Å². The number of nitrogens with zero attached hydrogens (tertiary/aromatic N) is 3. The molecular weight excluding hydrogens is 390 g/mol. The third-order valence-electron chi connectivity index (χ3n) is 5.04. The van der Waals surface area contributed by atoms with Crippen molar-refractivity contribution in [1.29, 1.82) is 0 Å². The van der Waals surface area contributed by atoms with Crippen molar-refractivity contribution in [3.8, 4) is 23.6 Å². The summed E-state index contributed by atoms with van der Waals surface area (Å²) >= 11 is 0. The van der Waals surface area contributed by atoms with Gasteiger partial charge < -0.3 is 5.32 Å². The highest BCUT2D eigenvalue weighted by molar-refractivity contribution is 7.84. The van der Waals surface area contributed by atoms with Crippen molar-refractivity contribution < 1.29 is 12.6 Å². The van der Waals surface area contributed by atoms with Crippen LogP contribution in [0, 0.1) is 18.3 Å². The van der Waals surface area contributed by atoms with E-state index in [1.165, 1.54) is 0 Å². The van der Waals surface area contributed by atoms with Crippen molar-refractivity contribution in [2.45, 2.75) is 25.3 Å². The predicted octanol–water partition coefficient (Wildman–Crippen LogP) is 2.18. The summed E-state index contributed by atoms with van der Waals surface area (Å²) in [6.45, 7) is 0.111. The number of rotatable bonds is 6. The van der Waals surface area contributed by atoms with E-state index in [4.69, 9.17) is 20.8 Å². The normalized spacial score (nSPS) is 19.3. The highest BCUT2D eigenvalue weighted by atomic mass is 32.2. The first-order valence-electron chi connectivity index (χ1n) is 9.27. The van der Waals surface area contributed by atoms with Crippen LogP contribution in [-0.2, 0) is 14.5 Å². The lowest BCUT2D eigenvalue weighted by Gasteiger charge is -2.15. The summed E-state index contributed by atoms with van der Waals surface area (Å²) in [5.41, 5.74) is 3.24. The predicted molar refractivity (Wildman–Crippen MR) is 110 cm³/mol. The van der Waals surface area contributed by atoms with Gasteiger partial charge in [-0.15, -0.1) is 6.42 Å². The molecule has 0 spiro atoms. The van der Waals surface area contributed by atoms with Gasteiger partial charge in [-0.1, -0.05) is 18.1 Å². The topological polar surface area (TPSA) is 112 Å². The fourth-order valence-electron chi connectivity index (χ4n) is 3.67. The summed E-state index contributed by atoms with van der Waals surface area (Å²) in [7, 11) is -3.90. The first-order chi connectivity index (χ1) is 13.9. The minimum Gasteiger partial charge on any atom is -0.367 e. The first kappa shape index (κ1) is 19.4. The van der Waals surface area contributed by atoms with Gasteiger partial charge in [-0.2, -0.15) is 18.0 Å². The Hall–Kier alpha value is -2.93. The van der Waals surface area contributed by atoms with E-state index in [0.717, 1.165) is 47.5 Å². The molecule has 2 unspecified atom stereocenters. The smallest absolute Gasteiger partial charge is 0.333 e. The van der Waals surface area contributed by atoms with Gasteiger partial charge in [0.15, 0.2) is 5.65 Å². The van der Waals surface area contributed by atoms with Gasteiger partial charge in [-0.25, -0.2) is 10.1 Å². The standard InChI is InChI=1S/C20H21N5O3S/c1-2-14-4-3-5-16(10-14)18-12-20-22-9-8-19(25(20)24-18)23-17-7-6-15(11-17)13-28-29(21,26)27/h1,3-5,8-10,12,15,17,23H,6-7,11,13H2,(H2,21,26,27). The van der Waals surface area contributed by atoms with Crippen molar-refractivity contribution in [3.63, 3.8) is 0 Å². The van der Waals surface area contributed by atoms with Crippen LogP contribution in [0.1, 0.15) is 24.8 Å². The molecule has 2 aromatic heterocycles. The molecule has 2 heterocycles. The summed E-state index contributed by atoms with van der Waals surface area (Å²) in [5.74, 6) is 3.60. The van der Waals surface area contributed by atoms with Gasteiger partial charge in [0.2, 0.25) is 0 Å². The summed E-state index contributed by atoms with van der Waals surface area (Å²) in [4.78, 5) is 4.40. The summed E-state index contributed by atoms with van der Waals surface area (Å²) in [5, 5.41) is 13.1. The Labute approximate surface area is 169 Å². The van der Waals surface area contributed by atoms with Gasteiger partial charge >= 0.3 is 10.3 Å². The van der Waals surface area contributed by atoms with Crippen LogP contribution in [0.4, 0.5) is 5.82 Å². The highest BCUT2D eigenvalue weighted by Gasteiger charge is 2.26. The Bertz CT molecular complexity index is 1180. The molecule has 29 heavy (non-hydrogen) atoms. The zero-order chi connectivity index (χ0) is 20.4. The fraction of sp³-hybridized carbons (Fsp3) is 0.300. The maximum atomic E-state index is 11.0. The number of hydrogen-bond donors (Lipinski definition) is 2. The molecule has 0 aliphatic heterocycles. The highest BCUT2D eigenvalue weighted by Crippen LogP contribution is 2.29. The molecule has 1 fully saturated rings. The lowest BCUT2D eigenvalue weighted by atomic mass is 10.1. The van der Waals surface area contributed by atoms with Gasteiger partial charge in [-0.3, -0.25) is 4.18 Å². The molecule has 3 aromatic rings. The number of terminal acetylenes is 1. The van der Waals surface area contributed by atoms with E-state index in [9.17, 15) is 8.42 Å². The Morgan fingerprint density at radius 1 is 1.31 bits per heavy atom. The average molecular weight is 411 g/mol. The minimum absolute atomic E-state index is 0.111. The second kappa shape index (κ2) is 7.83. The van der Waals surface area contributed by atoms with Crippen LogP contribution >= 0.6 is 0 Å². The molecule has 9 heteroatoms. The minimum atomic E-state index is -3.90. The lowest BCUT2D eigenvalue weighted by Crippen LogP contribution is -2.21. The maximum absolute atomic E-state index is 11.0. The van der Waals surface area contributed by atoms with Crippen molar-refractivity contribution in [2.75, 3.05) is 11.9 Å². The van der Waals surface area contributed by atoms with Gasteiger partial charge in [0, 0.05) is 29.4 Å². The molecule has 4 rings (SSSR count). The third kappa shape index (κ3) is 4.56. The van der Waals surface area contributed by atoms with Crippen LogP contribution in [0.15, 0.2) is 42.6 Å². The maximum Gasteiger partial charge on any atom is 0.333 e. The molecule has 8 nitrogen and oxygen atoms in total. The molecule has 1 aliphatic rings. The van der Waals surface area contributed by atoms with Gasteiger partial charge in [0.05, 0.1) is 12.3 Å². The molecule has 0 bridgehead atoms. The number of nitrogens with two attached hydrogens (primary N) is 1. The van der Waals surface area contributed by atoms with Gasteiger partial charge in [0.1, 0.15) is 5.82 Å². The van der Waals surface area contributed by atoms with Crippen LogP contribution in [0.2, 0.25) is 0 Å². The molecule has 1 saturated carbocycles. The third-order valence-corrected chi connectivity index (χ3v) is 5.51. The van der Waals surface area contributed by atoms with Crippen LogP contribution in [0.5, 0.6) is 0 Å². The van der Waals surface area contributed by atoms with E-state index < -0.39 is 10.3 Å². The van der Waals surface area contributed by atoms with E-state index in [1.807, 2.05) is 36.4 Å². The average Bonchev–Trinajstić information content (AvgIpc) is 3.33. The Morgan fingerprint density at radius 3 is 2.97 bits per heavy atom. The Balaban J connectivity index is 1.51. The molecule has 0 amide bonds. The van der Waals surface area contributed by atoms with E-state index in [-0.39, 0.29) is 18.6 Å². The molecule has 1 aliphatic carbocycles. The van der Waals surface area contributed by atoms with Crippen molar-refractivity contribution in [2.24, 2.45) is 11.1 Å². The zero-order valence-corrected chi connectivity index (χ0v) is 16.5. The largest absolute Gasteiger partial charge is 0.367 e. The van der Waals surface area contributed by atoms with Crippen molar-refractivity contribution >= 4 is 21.8 Å². The molecular formula is C20H21N5O3S. The SMILES string of the molecule is C#Cc1cccc(-c2cc3nccc(NC4CCC(COS(N)(=O)=O)C4)n3n2)c1. The van der Waals surface area contributed by atoms with Crippen LogP contribution in [0.3, 0.4) is 0 Å². The number of aromatic nitrogens is 3. The number of hydrogen-bond acceptors (Lipinski definition) is 6. The summed E-state index contributed by atoms with van der Waals surface area (Å²) in [6, 6.07) is 11.6. The molecule has 1 aromatic carbocycles. The van der Waals surface area contributed by atoms with Gasteiger partial charge in [-0.05, 0) is 43.4 Å². The van der Waals surface area contributed by atoms with E-state index in [1.54, 1.807) is 10.7 Å². The zero-order valence-electron chi connectivity index (χ0n) is 15.7. The van der Waals surface area contributed by atoms with Crippen LogP contribution < -0.4 is 10.5 Å². The summed E-state index contributed by atoms with van der Waals surface area (Å²) in [6.07, 6.45) is 9.79. The number of benzene rings is 1. The van der Waals surface area contributed by atoms with Crippen LogP contribution in [0.25, 0.3) is 16.9 Å². The molecule has 0 radical (unpaired) electrons. The Morgan fingerprint density at radius 2 is 2.17 bits per heavy atom. The second-order valence-electron chi connectivity index (χ2n) is 7.15. The van der Waals surface area contributed by atoms with E-state index in [2.05, 4.69) is 16.2 Å².